The van der Waals surface area contributed by atoms with Gasteiger partial charge in [-0.25, -0.2) is 4.98 Å². The molecule has 0 bridgehead atoms. The van der Waals surface area contributed by atoms with Crippen molar-refractivity contribution in [2.24, 2.45) is 0 Å². The van der Waals surface area contributed by atoms with Gasteiger partial charge in [-0.2, -0.15) is 0 Å². The van der Waals surface area contributed by atoms with Crippen molar-refractivity contribution in [3.63, 3.8) is 0 Å². The maximum absolute atomic E-state index is 5.71. The molecule has 1 aliphatic heterocycles. The fraction of sp³-hybridized carbons (Fsp3) is 0.533. The number of aryl methyl sites for hydroxylation is 1. The second kappa shape index (κ2) is 5.42. The molecule has 20 heavy (non-hydrogen) atoms. The minimum Gasteiger partial charge on any atom is -0.459 e. The molecule has 2 aromatic heterocycles. The van der Waals surface area contributed by atoms with Crippen LogP contribution < -0.4 is 0 Å². The molecule has 108 valence electrons. The smallest absolute Gasteiger partial charge is 0.263 e. The fourth-order valence-electron chi connectivity index (χ4n) is 2.68. The van der Waals surface area contributed by atoms with Crippen LogP contribution in [0.3, 0.4) is 0 Å². The van der Waals surface area contributed by atoms with E-state index < -0.39 is 0 Å². The van der Waals surface area contributed by atoms with E-state index in [9.17, 15) is 0 Å². The SMILES string of the molecule is Cc1oc(-c2ccco2)nc1CN1CCN(C)CC1C. The third kappa shape index (κ3) is 2.64. The van der Waals surface area contributed by atoms with Crippen LogP contribution in [-0.4, -0.2) is 47.5 Å². The number of likely N-dealkylation sites (N-methyl/N-ethyl adjacent to an activating group) is 1. The van der Waals surface area contributed by atoms with Crippen molar-refractivity contribution in [3.05, 3.63) is 29.9 Å². The minimum atomic E-state index is 0.539. The monoisotopic (exact) mass is 275 g/mol. The Balaban J connectivity index is 1.75. The lowest BCUT2D eigenvalue weighted by Gasteiger charge is -2.37. The number of hydrogen-bond donors (Lipinski definition) is 0. The Morgan fingerprint density at radius 2 is 2.25 bits per heavy atom. The van der Waals surface area contributed by atoms with Crippen LogP contribution >= 0.6 is 0 Å². The second-order valence-corrected chi connectivity index (χ2v) is 5.58. The zero-order valence-corrected chi connectivity index (χ0v) is 12.3. The highest BCUT2D eigenvalue weighted by Gasteiger charge is 2.24. The molecule has 1 saturated heterocycles. The molecule has 0 spiro atoms. The number of rotatable bonds is 3. The van der Waals surface area contributed by atoms with Gasteiger partial charge < -0.3 is 13.7 Å². The summed E-state index contributed by atoms with van der Waals surface area (Å²) in [6.45, 7) is 8.34. The molecule has 1 unspecified atom stereocenters. The summed E-state index contributed by atoms with van der Waals surface area (Å²) in [5.41, 5.74) is 1.01. The highest BCUT2D eigenvalue weighted by Crippen LogP contribution is 2.23. The first kappa shape index (κ1) is 13.4. The third-order valence-electron chi connectivity index (χ3n) is 3.95. The van der Waals surface area contributed by atoms with Gasteiger partial charge in [0.2, 0.25) is 0 Å². The predicted molar refractivity (Wildman–Crippen MR) is 76.3 cm³/mol. The summed E-state index contributed by atoms with van der Waals surface area (Å²) < 4.78 is 11.1. The average Bonchev–Trinajstić information content (AvgIpc) is 3.03. The molecule has 0 saturated carbocycles. The van der Waals surface area contributed by atoms with Crippen LogP contribution in [0.15, 0.2) is 27.2 Å². The number of hydrogen-bond acceptors (Lipinski definition) is 5. The lowest BCUT2D eigenvalue weighted by Crippen LogP contribution is -2.49. The molecule has 5 nitrogen and oxygen atoms in total. The Kier molecular flexibility index (Phi) is 3.63. The topological polar surface area (TPSA) is 45.7 Å². The van der Waals surface area contributed by atoms with Gasteiger partial charge in [0.25, 0.3) is 5.89 Å². The highest BCUT2D eigenvalue weighted by molar-refractivity contribution is 5.44. The van der Waals surface area contributed by atoms with Gasteiger partial charge in [-0.15, -0.1) is 0 Å². The first-order valence-electron chi connectivity index (χ1n) is 7.06. The minimum absolute atomic E-state index is 0.539. The van der Waals surface area contributed by atoms with E-state index in [1.54, 1.807) is 6.26 Å². The molecule has 0 amide bonds. The Hall–Kier alpha value is -1.59. The van der Waals surface area contributed by atoms with Gasteiger partial charge in [0.05, 0.1) is 12.0 Å². The van der Waals surface area contributed by atoms with Crippen LogP contribution in [0.4, 0.5) is 0 Å². The Morgan fingerprint density at radius 1 is 1.40 bits per heavy atom. The molecule has 1 aliphatic rings. The van der Waals surface area contributed by atoms with Crippen LogP contribution in [0.25, 0.3) is 11.7 Å². The maximum atomic E-state index is 5.71. The van der Waals surface area contributed by atoms with Crippen LogP contribution in [0, 0.1) is 6.92 Å². The largest absolute Gasteiger partial charge is 0.459 e. The zero-order valence-electron chi connectivity index (χ0n) is 12.3. The Bertz CT molecular complexity index is 562. The zero-order chi connectivity index (χ0) is 14.1. The van der Waals surface area contributed by atoms with Gasteiger partial charge >= 0.3 is 0 Å². The molecule has 0 aliphatic carbocycles. The number of nitrogens with zero attached hydrogens (tertiary/aromatic N) is 3. The number of piperazine rings is 1. The molecule has 3 rings (SSSR count). The predicted octanol–water partition coefficient (Wildman–Crippen LogP) is 2.38. The summed E-state index contributed by atoms with van der Waals surface area (Å²) in [5, 5.41) is 0. The molecular weight excluding hydrogens is 254 g/mol. The summed E-state index contributed by atoms with van der Waals surface area (Å²) in [6.07, 6.45) is 1.64. The summed E-state index contributed by atoms with van der Waals surface area (Å²) in [4.78, 5) is 9.41. The molecule has 0 aromatic carbocycles. The van der Waals surface area contributed by atoms with Crippen molar-refractivity contribution in [2.45, 2.75) is 26.4 Å². The van der Waals surface area contributed by atoms with Crippen LogP contribution in [0.1, 0.15) is 18.4 Å². The Morgan fingerprint density at radius 3 is 2.95 bits per heavy atom. The first-order chi connectivity index (χ1) is 9.63. The van der Waals surface area contributed by atoms with Crippen molar-refractivity contribution in [1.82, 2.24) is 14.8 Å². The maximum Gasteiger partial charge on any atom is 0.263 e. The van der Waals surface area contributed by atoms with E-state index >= 15 is 0 Å². The third-order valence-corrected chi connectivity index (χ3v) is 3.95. The van der Waals surface area contributed by atoms with Gasteiger partial charge in [0, 0.05) is 32.2 Å². The summed E-state index contributed by atoms with van der Waals surface area (Å²) >= 11 is 0. The number of aromatic nitrogens is 1. The quantitative estimate of drug-likeness (QED) is 0.860. The normalized spacial score (nSPS) is 21.4. The van der Waals surface area contributed by atoms with E-state index in [4.69, 9.17) is 8.83 Å². The van der Waals surface area contributed by atoms with Gasteiger partial charge in [-0.1, -0.05) is 0 Å². The van der Waals surface area contributed by atoms with E-state index in [1.165, 1.54) is 0 Å². The van der Waals surface area contributed by atoms with Crippen molar-refractivity contribution in [2.75, 3.05) is 26.7 Å². The van der Waals surface area contributed by atoms with Crippen LogP contribution in [0.5, 0.6) is 0 Å². The molecule has 5 heteroatoms. The van der Waals surface area contributed by atoms with E-state index in [0.29, 0.717) is 17.7 Å². The fourth-order valence-corrected chi connectivity index (χ4v) is 2.68. The average molecular weight is 275 g/mol. The van der Waals surface area contributed by atoms with Crippen LogP contribution in [-0.2, 0) is 6.54 Å². The molecule has 2 aromatic rings. The van der Waals surface area contributed by atoms with Gasteiger partial charge in [0.15, 0.2) is 5.76 Å². The second-order valence-electron chi connectivity index (χ2n) is 5.58. The van der Waals surface area contributed by atoms with E-state index in [1.807, 2.05) is 19.1 Å². The molecule has 1 atom stereocenters. The first-order valence-corrected chi connectivity index (χ1v) is 7.06. The Labute approximate surface area is 119 Å². The molecule has 0 N–H and O–H groups in total. The van der Waals surface area contributed by atoms with E-state index in [2.05, 4.69) is 28.8 Å². The van der Waals surface area contributed by atoms with Gasteiger partial charge in [-0.05, 0) is 33.0 Å². The summed E-state index contributed by atoms with van der Waals surface area (Å²) in [7, 11) is 2.17. The standard InChI is InChI=1S/C15H21N3O2/c1-11-9-17(3)6-7-18(11)10-13-12(2)20-15(16-13)14-5-4-8-19-14/h4-5,8,11H,6-7,9-10H2,1-3H3. The van der Waals surface area contributed by atoms with Crippen molar-refractivity contribution >= 4 is 0 Å². The van der Waals surface area contributed by atoms with Crippen molar-refractivity contribution < 1.29 is 8.83 Å². The molecular formula is C15H21N3O2. The van der Waals surface area contributed by atoms with Crippen molar-refractivity contribution in [3.8, 4) is 11.7 Å². The van der Waals surface area contributed by atoms with Crippen molar-refractivity contribution in [1.29, 1.82) is 0 Å². The summed E-state index contributed by atoms with van der Waals surface area (Å²) in [6, 6.07) is 4.25. The summed E-state index contributed by atoms with van der Waals surface area (Å²) in [5.74, 6) is 2.14. The van der Waals surface area contributed by atoms with E-state index in [-0.39, 0.29) is 0 Å². The molecule has 3 heterocycles. The highest BCUT2D eigenvalue weighted by atomic mass is 16.4. The van der Waals surface area contributed by atoms with E-state index in [0.717, 1.165) is 37.6 Å². The number of oxazole rings is 1. The molecule has 1 fully saturated rings. The van der Waals surface area contributed by atoms with Gasteiger partial charge in [0.1, 0.15) is 5.76 Å². The lowest BCUT2D eigenvalue weighted by molar-refractivity contribution is 0.0924. The lowest BCUT2D eigenvalue weighted by atomic mass is 10.2. The molecule has 0 radical (unpaired) electrons. The number of furan rings is 1. The van der Waals surface area contributed by atoms with Crippen LogP contribution in [0.2, 0.25) is 0 Å². The van der Waals surface area contributed by atoms with Gasteiger partial charge in [-0.3, -0.25) is 4.90 Å².